The molecule has 3 heterocycles. The van der Waals surface area contributed by atoms with Gasteiger partial charge in [0.1, 0.15) is 6.04 Å². The Morgan fingerprint density at radius 3 is 2.73 bits per heavy atom. The largest absolute Gasteiger partial charge is 0.334 e. The lowest BCUT2D eigenvalue weighted by Crippen LogP contribution is -2.52. The number of hydrogen-bond donors (Lipinski definition) is 3. The minimum Gasteiger partial charge on any atom is -0.334 e. The van der Waals surface area contributed by atoms with Crippen molar-refractivity contribution in [2.24, 2.45) is 0 Å². The molecule has 2 aliphatic heterocycles. The standard InChI is InChI=1S/C20H20N6O4/c1-11-7-21-19(22-8-11)25-20(30)23-9-12-3-2-4-13-14(12)10-26(18(13)29)15-5-6-16(27)24-17(15)28/h2-4,7-8,15H,5-6,9-10H2,1H3,(H,24,27,28)(H2,21,22,23,25,30). The average Bonchev–Trinajstić information content (AvgIpc) is 3.05. The number of nitrogens with one attached hydrogen (secondary N) is 3. The molecule has 2 aromatic rings. The Hall–Kier alpha value is -3.82. The number of anilines is 1. The number of fused-ring (bicyclic) bond motifs is 1. The van der Waals surface area contributed by atoms with E-state index in [4.69, 9.17) is 0 Å². The van der Waals surface area contributed by atoms with E-state index in [1.165, 1.54) is 4.90 Å². The summed E-state index contributed by atoms with van der Waals surface area (Å²) in [5.74, 6) is -0.840. The van der Waals surface area contributed by atoms with Crippen LogP contribution < -0.4 is 16.0 Å². The summed E-state index contributed by atoms with van der Waals surface area (Å²) in [6.07, 6.45) is 3.70. The van der Waals surface area contributed by atoms with E-state index in [1.54, 1.807) is 24.5 Å². The monoisotopic (exact) mass is 408 g/mol. The van der Waals surface area contributed by atoms with Gasteiger partial charge in [0, 0.05) is 37.5 Å². The molecule has 0 saturated carbocycles. The highest BCUT2D eigenvalue weighted by molar-refractivity contribution is 6.05. The lowest BCUT2D eigenvalue weighted by Gasteiger charge is -2.29. The predicted octanol–water partition coefficient (Wildman–Crippen LogP) is 0.868. The molecule has 0 bridgehead atoms. The van der Waals surface area contributed by atoms with Gasteiger partial charge in [-0.2, -0.15) is 0 Å². The van der Waals surface area contributed by atoms with E-state index in [0.717, 1.165) is 16.7 Å². The third kappa shape index (κ3) is 3.84. The zero-order valence-electron chi connectivity index (χ0n) is 16.3. The summed E-state index contributed by atoms with van der Waals surface area (Å²) in [7, 11) is 0. The zero-order valence-corrected chi connectivity index (χ0v) is 16.3. The predicted molar refractivity (Wildman–Crippen MR) is 105 cm³/mol. The Morgan fingerprint density at radius 2 is 2.00 bits per heavy atom. The number of imide groups is 1. The van der Waals surface area contributed by atoms with Crippen LogP contribution in [-0.4, -0.2) is 44.7 Å². The van der Waals surface area contributed by atoms with E-state index in [0.29, 0.717) is 12.0 Å². The van der Waals surface area contributed by atoms with Gasteiger partial charge in [0.25, 0.3) is 5.91 Å². The molecule has 1 aromatic carbocycles. The van der Waals surface area contributed by atoms with Crippen molar-refractivity contribution in [3.63, 3.8) is 0 Å². The van der Waals surface area contributed by atoms with Crippen LogP contribution in [0.5, 0.6) is 0 Å². The van der Waals surface area contributed by atoms with Gasteiger partial charge in [0.05, 0.1) is 0 Å². The number of urea groups is 1. The molecule has 0 aliphatic carbocycles. The van der Waals surface area contributed by atoms with Crippen molar-refractivity contribution in [3.8, 4) is 0 Å². The third-order valence-electron chi connectivity index (χ3n) is 5.12. The number of aromatic nitrogens is 2. The number of hydrogen-bond acceptors (Lipinski definition) is 6. The van der Waals surface area contributed by atoms with Crippen LogP contribution in [-0.2, 0) is 22.7 Å². The Labute approximate surface area is 172 Å². The molecule has 3 N–H and O–H groups in total. The molecule has 30 heavy (non-hydrogen) atoms. The molecule has 1 aromatic heterocycles. The lowest BCUT2D eigenvalue weighted by atomic mass is 10.0. The topological polar surface area (TPSA) is 133 Å². The van der Waals surface area contributed by atoms with E-state index in [9.17, 15) is 19.2 Å². The Morgan fingerprint density at radius 1 is 1.23 bits per heavy atom. The second-order valence-corrected chi connectivity index (χ2v) is 7.23. The minimum atomic E-state index is -0.676. The first-order valence-corrected chi connectivity index (χ1v) is 9.51. The normalized spacial score (nSPS) is 18.1. The fourth-order valence-corrected chi connectivity index (χ4v) is 3.59. The van der Waals surface area contributed by atoms with Crippen molar-refractivity contribution in [1.29, 1.82) is 0 Å². The molecule has 1 saturated heterocycles. The van der Waals surface area contributed by atoms with E-state index in [1.807, 2.05) is 13.0 Å². The molecule has 154 valence electrons. The second kappa shape index (κ2) is 7.90. The number of amides is 5. The van der Waals surface area contributed by atoms with Crippen LogP contribution in [0, 0.1) is 6.92 Å². The fourth-order valence-electron chi connectivity index (χ4n) is 3.59. The number of nitrogens with zero attached hydrogens (tertiary/aromatic N) is 3. The molecule has 4 rings (SSSR count). The van der Waals surface area contributed by atoms with Crippen molar-refractivity contribution in [1.82, 2.24) is 25.5 Å². The third-order valence-corrected chi connectivity index (χ3v) is 5.12. The zero-order chi connectivity index (χ0) is 21.3. The first-order valence-electron chi connectivity index (χ1n) is 9.51. The van der Waals surface area contributed by atoms with Crippen molar-refractivity contribution < 1.29 is 19.2 Å². The van der Waals surface area contributed by atoms with Gasteiger partial charge in [0.15, 0.2) is 0 Å². The summed E-state index contributed by atoms with van der Waals surface area (Å²) in [6.45, 7) is 2.29. The Bertz CT molecular complexity index is 1040. The van der Waals surface area contributed by atoms with E-state index >= 15 is 0 Å². The van der Waals surface area contributed by atoms with Crippen LogP contribution in [0.1, 0.15) is 39.9 Å². The van der Waals surface area contributed by atoms with Crippen molar-refractivity contribution in [2.45, 2.75) is 38.9 Å². The van der Waals surface area contributed by atoms with Crippen LogP contribution >= 0.6 is 0 Å². The van der Waals surface area contributed by atoms with Gasteiger partial charge in [-0.25, -0.2) is 14.8 Å². The molecule has 1 fully saturated rings. The number of aryl methyl sites for hydroxylation is 1. The Balaban J connectivity index is 1.43. The highest BCUT2D eigenvalue weighted by Crippen LogP contribution is 2.29. The summed E-state index contributed by atoms with van der Waals surface area (Å²) in [5, 5.41) is 7.57. The summed E-state index contributed by atoms with van der Waals surface area (Å²) in [6, 6.07) is 4.12. The molecule has 0 radical (unpaired) electrons. The summed E-state index contributed by atoms with van der Waals surface area (Å²) >= 11 is 0. The maximum atomic E-state index is 12.8. The molecule has 10 nitrogen and oxygen atoms in total. The first kappa shape index (κ1) is 19.5. The second-order valence-electron chi connectivity index (χ2n) is 7.23. The van der Waals surface area contributed by atoms with Crippen LogP contribution in [0.3, 0.4) is 0 Å². The highest BCUT2D eigenvalue weighted by Gasteiger charge is 2.39. The van der Waals surface area contributed by atoms with Crippen molar-refractivity contribution in [2.75, 3.05) is 5.32 Å². The lowest BCUT2D eigenvalue weighted by molar-refractivity contribution is -0.136. The first-order chi connectivity index (χ1) is 14.4. The van der Waals surface area contributed by atoms with E-state index in [-0.39, 0.29) is 37.3 Å². The van der Waals surface area contributed by atoms with Crippen molar-refractivity contribution >= 4 is 29.7 Å². The molecule has 2 aliphatic rings. The molecule has 10 heteroatoms. The maximum Gasteiger partial charge on any atom is 0.321 e. The summed E-state index contributed by atoms with van der Waals surface area (Å²) in [4.78, 5) is 58.1. The van der Waals surface area contributed by atoms with Gasteiger partial charge >= 0.3 is 6.03 Å². The Kier molecular flexibility index (Phi) is 5.13. The fraction of sp³-hybridized carbons (Fsp3) is 0.300. The number of carbonyl (C=O) groups excluding carboxylic acids is 4. The molecule has 1 atom stereocenters. The van der Waals surface area contributed by atoms with Crippen LogP contribution in [0.4, 0.5) is 10.7 Å². The minimum absolute atomic E-state index is 0.190. The molecule has 1 unspecified atom stereocenters. The molecule has 0 spiro atoms. The van der Waals surface area contributed by atoms with E-state index < -0.39 is 18.0 Å². The smallest absolute Gasteiger partial charge is 0.321 e. The summed E-state index contributed by atoms with van der Waals surface area (Å²) in [5.41, 5.74) is 2.92. The maximum absolute atomic E-state index is 12.8. The number of benzene rings is 1. The SMILES string of the molecule is Cc1cnc(NC(=O)NCc2cccc3c2CN(C2CCC(=O)NC2=O)C3=O)nc1. The van der Waals surface area contributed by atoms with E-state index in [2.05, 4.69) is 25.9 Å². The highest BCUT2D eigenvalue weighted by atomic mass is 16.2. The van der Waals surface area contributed by atoms with Gasteiger partial charge in [0.2, 0.25) is 17.8 Å². The number of piperidine rings is 1. The molecular weight excluding hydrogens is 388 g/mol. The molecular formula is C20H20N6O4. The number of carbonyl (C=O) groups is 4. The van der Waals surface area contributed by atoms with Crippen molar-refractivity contribution in [3.05, 3.63) is 52.8 Å². The van der Waals surface area contributed by atoms with Gasteiger partial charge in [-0.3, -0.25) is 25.0 Å². The van der Waals surface area contributed by atoms with Crippen LogP contribution in [0.15, 0.2) is 30.6 Å². The van der Waals surface area contributed by atoms with Gasteiger partial charge in [-0.1, -0.05) is 12.1 Å². The molecule has 5 amide bonds. The van der Waals surface area contributed by atoms with Gasteiger partial charge in [-0.05, 0) is 36.1 Å². The average molecular weight is 408 g/mol. The van der Waals surface area contributed by atoms with Crippen LogP contribution in [0.25, 0.3) is 0 Å². The summed E-state index contributed by atoms with van der Waals surface area (Å²) < 4.78 is 0. The number of rotatable bonds is 4. The van der Waals surface area contributed by atoms with Gasteiger partial charge in [-0.15, -0.1) is 0 Å². The van der Waals surface area contributed by atoms with Crippen LogP contribution in [0.2, 0.25) is 0 Å². The van der Waals surface area contributed by atoms with Gasteiger partial charge < -0.3 is 10.2 Å². The quantitative estimate of drug-likeness (QED) is 0.643.